The predicted molar refractivity (Wildman–Crippen MR) is 217 cm³/mol. The van der Waals surface area contributed by atoms with Crippen molar-refractivity contribution in [2.24, 2.45) is 0 Å². The normalized spacial score (nSPS) is 15.2. The van der Waals surface area contributed by atoms with Crippen molar-refractivity contribution in [2.45, 2.75) is 0 Å². The van der Waals surface area contributed by atoms with Gasteiger partial charge in [0.05, 0.1) is 0 Å². The summed E-state index contributed by atoms with van der Waals surface area (Å²) in [7, 11) is -1.56. The maximum absolute atomic E-state index is 2.46. The summed E-state index contributed by atoms with van der Waals surface area (Å²) in [6, 6.07) is 65.3. The Morgan fingerprint density at radius 1 is 0.240 bits per heavy atom. The van der Waals surface area contributed by atoms with E-state index in [4.69, 9.17) is 0 Å². The van der Waals surface area contributed by atoms with Crippen LogP contribution in [0.2, 0.25) is 0 Å². The minimum Gasteiger partial charge on any atom is -0.0622 e. The van der Waals surface area contributed by atoms with Crippen molar-refractivity contribution >= 4 is 55.6 Å². The third kappa shape index (κ3) is 9.32. The summed E-state index contributed by atoms with van der Waals surface area (Å²) >= 11 is 0. The van der Waals surface area contributed by atoms with Gasteiger partial charge in [0.15, 0.2) is 0 Å². The smallest absolute Gasteiger partial charge is 0.0622 e. The summed E-state index contributed by atoms with van der Waals surface area (Å²) in [4.78, 5) is 0. The summed E-state index contributed by atoms with van der Waals surface area (Å²) in [6.07, 6.45) is 15.9. The molecular formula is C46H37FeP3+2. The van der Waals surface area contributed by atoms with E-state index in [0.717, 1.165) is 0 Å². The minimum absolute atomic E-state index is 0. The van der Waals surface area contributed by atoms with Gasteiger partial charge >= 0.3 is 17.1 Å². The van der Waals surface area contributed by atoms with E-state index in [1.807, 2.05) is 0 Å². The zero-order valence-electron chi connectivity index (χ0n) is 27.6. The van der Waals surface area contributed by atoms with Gasteiger partial charge in [-0.15, -0.1) is 0 Å². The van der Waals surface area contributed by atoms with E-state index in [9.17, 15) is 0 Å². The first-order valence-electron chi connectivity index (χ1n) is 16.5. The Labute approximate surface area is 314 Å². The first kappa shape index (κ1) is 36.9. The molecule has 0 heterocycles. The van der Waals surface area contributed by atoms with Crippen LogP contribution in [0.4, 0.5) is 0 Å². The van der Waals surface area contributed by atoms with E-state index in [1.165, 1.54) is 48.8 Å². The summed E-state index contributed by atoms with van der Waals surface area (Å²) < 4.78 is 0. The first-order valence-corrected chi connectivity index (χ1v) is 20.6. The molecule has 10 radical (unpaired) electrons. The van der Waals surface area contributed by atoms with Gasteiger partial charge in [0, 0.05) is 17.0 Å². The van der Waals surface area contributed by atoms with Crippen LogP contribution in [-0.2, 0) is 17.1 Å². The van der Waals surface area contributed by atoms with E-state index in [-0.39, 0.29) is 17.1 Å². The molecule has 0 unspecified atom stereocenters. The van der Waals surface area contributed by atoms with E-state index in [1.54, 1.807) is 0 Å². The fraction of sp³-hybridized carbons (Fsp3) is 0. The molecule has 6 aromatic rings. The molecule has 0 amide bonds. The van der Waals surface area contributed by atoms with Crippen molar-refractivity contribution in [3.8, 4) is 0 Å². The monoisotopic (exact) mass is 738 g/mol. The van der Waals surface area contributed by atoms with Crippen LogP contribution in [0.15, 0.2) is 182 Å². The largest absolute Gasteiger partial charge is 2.00 e. The van der Waals surface area contributed by atoms with Crippen LogP contribution in [0, 0.1) is 61.9 Å². The van der Waals surface area contributed by atoms with Crippen LogP contribution in [0.25, 0.3) is 0 Å². The van der Waals surface area contributed by atoms with Crippen LogP contribution in [-0.4, -0.2) is 0 Å². The molecule has 0 atom stereocenters. The summed E-state index contributed by atoms with van der Waals surface area (Å²) in [5, 5.41) is 8.39. The predicted octanol–water partition coefficient (Wildman–Crippen LogP) is 9.42. The van der Waals surface area contributed by atoms with Gasteiger partial charge < -0.3 is 0 Å². The third-order valence-corrected chi connectivity index (χ3v) is 15.5. The van der Waals surface area contributed by atoms with Crippen LogP contribution >= 0.6 is 23.8 Å². The molecule has 242 valence electrons. The van der Waals surface area contributed by atoms with Gasteiger partial charge in [-0.3, -0.25) is 0 Å². The van der Waals surface area contributed by atoms with Crippen molar-refractivity contribution < 1.29 is 17.1 Å². The Morgan fingerprint density at radius 2 is 0.460 bits per heavy atom. The van der Waals surface area contributed by atoms with Gasteiger partial charge in [0.25, 0.3) is 0 Å². The van der Waals surface area contributed by atoms with Gasteiger partial charge in [-0.2, -0.15) is 0 Å². The zero-order chi connectivity index (χ0) is 33.1. The van der Waals surface area contributed by atoms with Crippen molar-refractivity contribution in [3.63, 3.8) is 0 Å². The van der Waals surface area contributed by atoms with E-state index in [2.05, 4.69) is 227 Å². The van der Waals surface area contributed by atoms with Crippen LogP contribution in [0.1, 0.15) is 0 Å². The average Bonchev–Trinajstić information content (AvgIpc) is 3.89. The zero-order valence-corrected chi connectivity index (χ0v) is 31.3. The molecule has 2 aliphatic carbocycles. The summed E-state index contributed by atoms with van der Waals surface area (Å²) in [5.41, 5.74) is 4.26. The molecule has 0 saturated heterocycles. The molecule has 6 aromatic carbocycles. The van der Waals surface area contributed by atoms with Crippen molar-refractivity contribution in [1.82, 2.24) is 0 Å². The van der Waals surface area contributed by atoms with Crippen molar-refractivity contribution in [2.75, 3.05) is 0 Å². The van der Waals surface area contributed by atoms with E-state index >= 15 is 0 Å². The van der Waals surface area contributed by atoms with Gasteiger partial charge in [-0.25, -0.2) is 0 Å². The molecule has 0 N–H and O–H groups in total. The number of benzene rings is 6. The molecule has 0 aromatic heterocycles. The van der Waals surface area contributed by atoms with Crippen LogP contribution < -0.4 is 31.8 Å². The topological polar surface area (TPSA) is 0 Å². The SMILES string of the molecule is [CH]1[CH][CH][C](P(c2ccccc2)c2ccccc2)[CH]1.[CH]1[CH][C](P(c2ccccc2)c2ccccc2)[CH][C]1P(c1ccccc1)c1ccccc1.[Fe+2]. The summed E-state index contributed by atoms with van der Waals surface area (Å²) in [5.74, 6) is 0. The Morgan fingerprint density at radius 3 is 0.700 bits per heavy atom. The van der Waals surface area contributed by atoms with E-state index in [0.29, 0.717) is 0 Å². The molecule has 50 heavy (non-hydrogen) atoms. The maximum Gasteiger partial charge on any atom is 2.00 e. The fourth-order valence-electron chi connectivity index (χ4n) is 6.01. The molecule has 0 nitrogen and oxygen atoms in total. The molecule has 8 rings (SSSR count). The van der Waals surface area contributed by atoms with Crippen LogP contribution in [0.3, 0.4) is 0 Å². The first-order chi connectivity index (χ1) is 24.3. The Hall–Kier alpha value is -2.87. The molecule has 0 spiro atoms. The summed E-state index contributed by atoms with van der Waals surface area (Å²) in [6.45, 7) is 0. The molecule has 0 aliphatic heterocycles. The number of hydrogen-bond donors (Lipinski definition) is 0. The quantitative estimate of drug-likeness (QED) is 0.103. The van der Waals surface area contributed by atoms with Gasteiger partial charge in [-0.05, 0) is 101 Å². The second-order valence-corrected chi connectivity index (χ2v) is 18.2. The second-order valence-electron chi connectivity index (χ2n) is 11.5. The van der Waals surface area contributed by atoms with Crippen LogP contribution in [0.5, 0.6) is 0 Å². The molecule has 2 aliphatic rings. The Bertz CT molecular complexity index is 1590. The fourth-order valence-corrected chi connectivity index (χ4v) is 13.1. The van der Waals surface area contributed by atoms with Crippen molar-refractivity contribution in [1.29, 1.82) is 0 Å². The van der Waals surface area contributed by atoms with Gasteiger partial charge in [0.1, 0.15) is 0 Å². The molecule has 4 heteroatoms. The molecule has 2 saturated carbocycles. The van der Waals surface area contributed by atoms with Gasteiger partial charge in [0.2, 0.25) is 0 Å². The minimum atomic E-state index is -0.577. The van der Waals surface area contributed by atoms with Gasteiger partial charge in [-0.1, -0.05) is 182 Å². The average molecular weight is 739 g/mol. The molecule has 0 bridgehead atoms. The molecular weight excluding hydrogens is 701 g/mol. The second kappa shape index (κ2) is 19.1. The Kier molecular flexibility index (Phi) is 14.1. The maximum atomic E-state index is 2.46. The van der Waals surface area contributed by atoms with Crippen molar-refractivity contribution in [3.05, 3.63) is 244 Å². The molecule has 2 fully saturated rings. The number of hydrogen-bond acceptors (Lipinski definition) is 0. The third-order valence-electron chi connectivity index (χ3n) is 8.23. The number of rotatable bonds is 9. The Balaban J connectivity index is 0.000000194. The standard InChI is InChI=1S/C29H23P2.C17H14P.Fe/c1-5-13-24(14-6-1)30(25-15-7-2-8-16-25)28-21-22-29(23-28)31(26-17-9-3-10-18-26)27-19-11-4-12-20-27;1-3-9-15(10-4-1)18(17-13-7-8-14-17)16-11-5-2-6-12-16;/h1-23H;1-14H;/q;;+2. The van der Waals surface area contributed by atoms with E-state index < -0.39 is 23.8 Å².